The van der Waals surface area contributed by atoms with Gasteiger partial charge in [-0.25, -0.2) is 0 Å². The van der Waals surface area contributed by atoms with Gasteiger partial charge >= 0.3 is 0 Å². The Bertz CT molecular complexity index is 520. The molecule has 1 heterocycles. The predicted octanol–water partition coefficient (Wildman–Crippen LogP) is 2.50. The van der Waals surface area contributed by atoms with Crippen molar-refractivity contribution in [2.75, 3.05) is 33.4 Å². The molecule has 0 spiro atoms. The molecule has 0 unspecified atom stereocenters. The van der Waals surface area contributed by atoms with Crippen molar-refractivity contribution in [2.24, 2.45) is 17.5 Å². The third-order valence-corrected chi connectivity index (χ3v) is 5.19. The molecule has 1 aliphatic carbocycles. The van der Waals surface area contributed by atoms with Crippen LogP contribution in [0, 0.1) is 5.41 Å². The van der Waals surface area contributed by atoms with Crippen LogP contribution in [0.5, 0.6) is 0 Å². The third-order valence-electron chi connectivity index (χ3n) is 5.19. The molecule has 6 heteroatoms. The first-order valence-corrected chi connectivity index (χ1v) is 9.67. The second-order valence-corrected chi connectivity index (χ2v) is 7.13. The normalized spacial score (nSPS) is 17.0. The van der Waals surface area contributed by atoms with Gasteiger partial charge in [-0.05, 0) is 50.0 Å². The quantitative estimate of drug-likeness (QED) is 0.387. The Morgan fingerprint density at radius 1 is 1.36 bits per heavy atom. The summed E-state index contributed by atoms with van der Waals surface area (Å²) in [6.07, 6.45) is 12.5. The van der Waals surface area contributed by atoms with Crippen LogP contribution in [0.15, 0.2) is 17.4 Å². The van der Waals surface area contributed by atoms with Crippen LogP contribution in [-0.2, 0) is 18.2 Å². The number of nitrogens with one attached hydrogen (secondary N) is 2. The van der Waals surface area contributed by atoms with E-state index >= 15 is 0 Å². The molecular weight excluding hydrogens is 314 g/mol. The topological polar surface area (TPSA) is 63.5 Å². The van der Waals surface area contributed by atoms with Crippen molar-refractivity contribution >= 4 is 5.96 Å². The number of rotatable bonds is 10. The minimum atomic E-state index is 0.377. The summed E-state index contributed by atoms with van der Waals surface area (Å²) in [6, 6.07) is 0. The highest BCUT2D eigenvalue weighted by Gasteiger charge is 2.33. The van der Waals surface area contributed by atoms with Crippen LogP contribution in [0.1, 0.15) is 51.0 Å². The molecule has 1 aliphatic rings. The van der Waals surface area contributed by atoms with Gasteiger partial charge in [-0.15, -0.1) is 0 Å². The average Bonchev–Trinajstić information content (AvgIpc) is 3.24. The zero-order valence-electron chi connectivity index (χ0n) is 16.2. The standard InChI is InChI=1S/C19H35N5O/c1-4-25-13-11-19(9-5-6-10-19)16-22-18(20-2)21-12-7-8-17-14-23-24(3)15-17/h14-15H,4-13,16H2,1-3H3,(H2,20,21,22). The lowest BCUT2D eigenvalue weighted by atomic mass is 9.83. The molecule has 0 atom stereocenters. The van der Waals surface area contributed by atoms with Gasteiger partial charge in [-0.3, -0.25) is 9.67 Å². The van der Waals surface area contributed by atoms with Crippen molar-refractivity contribution in [2.45, 2.75) is 51.9 Å². The van der Waals surface area contributed by atoms with E-state index in [0.717, 1.165) is 51.5 Å². The summed E-state index contributed by atoms with van der Waals surface area (Å²) in [7, 11) is 3.80. The van der Waals surface area contributed by atoms with Crippen LogP contribution < -0.4 is 10.6 Å². The van der Waals surface area contributed by atoms with E-state index in [-0.39, 0.29) is 0 Å². The molecule has 0 aromatic carbocycles. The number of aromatic nitrogens is 2. The molecule has 6 nitrogen and oxygen atoms in total. The maximum absolute atomic E-state index is 5.60. The van der Waals surface area contributed by atoms with Crippen molar-refractivity contribution in [3.05, 3.63) is 18.0 Å². The maximum Gasteiger partial charge on any atom is 0.190 e. The Hall–Kier alpha value is -1.56. The minimum Gasteiger partial charge on any atom is -0.382 e. The number of ether oxygens (including phenoxy) is 1. The molecule has 0 amide bonds. The van der Waals surface area contributed by atoms with Crippen LogP contribution in [0.2, 0.25) is 0 Å². The first-order valence-electron chi connectivity index (χ1n) is 9.67. The Morgan fingerprint density at radius 2 is 2.16 bits per heavy atom. The van der Waals surface area contributed by atoms with E-state index in [1.54, 1.807) is 0 Å². The number of guanidine groups is 1. The molecule has 2 N–H and O–H groups in total. The average molecular weight is 350 g/mol. The monoisotopic (exact) mass is 349 g/mol. The van der Waals surface area contributed by atoms with Crippen molar-refractivity contribution < 1.29 is 4.74 Å². The second-order valence-electron chi connectivity index (χ2n) is 7.13. The first-order chi connectivity index (χ1) is 12.2. The van der Waals surface area contributed by atoms with Crippen LogP contribution in [0.3, 0.4) is 0 Å². The number of hydrogen-bond donors (Lipinski definition) is 2. The highest BCUT2D eigenvalue weighted by atomic mass is 16.5. The van der Waals surface area contributed by atoms with E-state index in [1.807, 2.05) is 25.0 Å². The highest BCUT2D eigenvalue weighted by Crippen LogP contribution is 2.40. The van der Waals surface area contributed by atoms with Gasteiger partial charge in [0, 0.05) is 46.6 Å². The van der Waals surface area contributed by atoms with Crippen molar-refractivity contribution in [3.8, 4) is 0 Å². The van der Waals surface area contributed by atoms with E-state index in [1.165, 1.54) is 31.2 Å². The Labute approximate surface area is 152 Å². The highest BCUT2D eigenvalue weighted by molar-refractivity contribution is 5.79. The van der Waals surface area contributed by atoms with Gasteiger partial charge in [-0.2, -0.15) is 5.10 Å². The lowest BCUT2D eigenvalue weighted by molar-refractivity contribution is 0.105. The van der Waals surface area contributed by atoms with E-state index in [0.29, 0.717) is 5.41 Å². The summed E-state index contributed by atoms with van der Waals surface area (Å²) in [5, 5.41) is 11.2. The summed E-state index contributed by atoms with van der Waals surface area (Å²) in [6.45, 7) is 5.65. The molecule has 1 aromatic heterocycles. The van der Waals surface area contributed by atoms with Crippen molar-refractivity contribution in [1.82, 2.24) is 20.4 Å². The lowest BCUT2D eigenvalue weighted by Gasteiger charge is -2.30. The molecule has 25 heavy (non-hydrogen) atoms. The van der Waals surface area contributed by atoms with E-state index < -0.39 is 0 Å². The van der Waals surface area contributed by atoms with Gasteiger partial charge in [0.05, 0.1) is 6.20 Å². The van der Waals surface area contributed by atoms with Gasteiger partial charge in [0.25, 0.3) is 0 Å². The fraction of sp³-hybridized carbons (Fsp3) is 0.789. The molecule has 0 saturated heterocycles. The van der Waals surface area contributed by atoms with Gasteiger partial charge in [0.15, 0.2) is 5.96 Å². The Balaban J connectivity index is 1.69. The maximum atomic E-state index is 5.60. The summed E-state index contributed by atoms with van der Waals surface area (Å²) in [5.74, 6) is 0.911. The molecule has 2 rings (SSSR count). The number of nitrogens with zero attached hydrogens (tertiary/aromatic N) is 3. The number of aryl methyl sites for hydroxylation is 2. The van der Waals surface area contributed by atoms with Crippen LogP contribution in [0.4, 0.5) is 0 Å². The molecule has 0 radical (unpaired) electrons. The summed E-state index contributed by atoms with van der Waals surface area (Å²) in [4.78, 5) is 4.37. The third kappa shape index (κ3) is 6.69. The first kappa shape index (κ1) is 19.8. The summed E-state index contributed by atoms with van der Waals surface area (Å²) in [5.41, 5.74) is 1.66. The Morgan fingerprint density at radius 3 is 2.80 bits per heavy atom. The minimum absolute atomic E-state index is 0.377. The van der Waals surface area contributed by atoms with Gasteiger partial charge in [0.2, 0.25) is 0 Å². The molecular formula is C19H35N5O. The zero-order chi connectivity index (χ0) is 18.0. The van der Waals surface area contributed by atoms with Crippen LogP contribution in [0.25, 0.3) is 0 Å². The van der Waals surface area contributed by atoms with Crippen LogP contribution >= 0.6 is 0 Å². The van der Waals surface area contributed by atoms with Gasteiger partial charge in [-0.1, -0.05) is 12.8 Å². The largest absolute Gasteiger partial charge is 0.382 e. The SMILES string of the molecule is CCOCCC1(CNC(=NC)NCCCc2cnn(C)c2)CCCC1. The second kappa shape index (κ2) is 10.4. The zero-order valence-corrected chi connectivity index (χ0v) is 16.2. The molecule has 142 valence electrons. The lowest BCUT2D eigenvalue weighted by Crippen LogP contribution is -2.43. The molecule has 1 aromatic rings. The summed E-state index contributed by atoms with van der Waals surface area (Å²) >= 11 is 0. The van der Waals surface area contributed by atoms with E-state index in [4.69, 9.17) is 4.74 Å². The smallest absolute Gasteiger partial charge is 0.190 e. The van der Waals surface area contributed by atoms with Crippen LogP contribution in [-0.4, -0.2) is 49.1 Å². The summed E-state index contributed by atoms with van der Waals surface area (Å²) < 4.78 is 7.45. The van der Waals surface area contributed by atoms with E-state index in [2.05, 4.69) is 33.8 Å². The van der Waals surface area contributed by atoms with E-state index in [9.17, 15) is 0 Å². The fourth-order valence-corrected chi connectivity index (χ4v) is 3.67. The molecule has 1 fully saturated rings. The van der Waals surface area contributed by atoms with Gasteiger partial charge < -0.3 is 15.4 Å². The predicted molar refractivity (Wildman–Crippen MR) is 103 cm³/mol. The van der Waals surface area contributed by atoms with Crippen molar-refractivity contribution in [3.63, 3.8) is 0 Å². The number of aliphatic imine (C=N–C) groups is 1. The number of hydrogen-bond acceptors (Lipinski definition) is 3. The molecule has 1 saturated carbocycles. The molecule has 0 bridgehead atoms. The fourth-order valence-electron chi connectivity index (χ4n) is 3.67. The van der Waals surface area contributed by atoms with Gasteiger partial charge in [0.1, 0.15) is 0 Å². The van der Waals surface area contributed by atoms with Crippen molar-refractivity contribution in [1.29, 1.82) is 0 Å². The Kier molecular flexibility index (Phi) is 8.25. The molecule has 0 aliphatic heterocycles.